The van der Waals surface area contributed by atoms with Crippen LogP contribution in [0.3, 0.4) is 0 Å². The van der Waals surface area contributed by atoms with E-state index in [0.717, 1.165) is 83.5 Å². The Morgan fingerprint density at radius 1 is 0.440 bits per heavy atom. The SMILES string of the molecule is CCCCC/C=C\C/C=C\C/C=C\C/C=C\CCCCCCCC(=O)OC(CCCCCCCCCCCCCC)CCCCCCC(=O)O. The van der Waals surface area contributed by atoms with Gasteiger partial charge in [0.2, 0.25) is 0 Å². The highest BCUT2D eigenvalue weighted by atomic mass is 16.5. The second kappa shape index (κ2) is 41.3. The molecule has 0 saturated heterocycles. The molecule has 1 atom stereocenters. The van der Waals surface area contributed by atoms with Crippen molar-refractivity contribution < 1.29 is 19.4 Å². The van der Waals surface area contributed by atoms with Gasteiger partial charge in [-0.25, -0.2) is 0 Å². The smallest absolute Gasteiger partial charge is 0.306 e. The molecule has 1 N–H and O–H groups in total. The first-order valence-corrected chi connectivity index (χ1v) is 21.6. The summed E-state index contributed by atoms with van der Waals surface area (Å²) >= 11 is 0. The Bertz CT molecular complexity index is 839. The minimum absolute atomic E-state index is 0.0236. The third kappa shape index (κ3) is 40.3. The molecule has 0 aromatic carbocycles. The molecular formula is C46H82O4. The quantitative estimate of drug-likeness (QED) is 0.0394. The highest BCUT2D eigenvalue weighted by molar-refractivity contribution is 5.69. The topological polar surface area (TPSA) is 63.6 Å². The number of allylic oxidation sites excluding steroid dienone is 8. The van der Waals surface area contributed by atoms with Gasteiger partial charge in [-0.05, 0) is 83.5 Å². The molecule has 0 aromatic rings. The number of carboxylic acids is 1. The number of aliphatic carboxylic acids is 1. The zero-order valence-corrected chi connectivity index (χ0v) is 33.2. The fraction of sp³-hybridized carbons (Fsp3) is 0.783. The van der Waals surface area contributed by atoms with Gasteiger partial charge >= 0.3 is 11.9 Å². The summed E-state index contributed by atoms with van der Waals surface area (Å²) in [5, 5.41) is 8.87. The Hall–Kier alpha value is -2.10. The summed E-state index contributed by atoms with van der Waals surface area (Å²) < 4.78 is 5.99. The van der Waals surface area contributed by atoms with Gasteiger partial charge in [-0.1, -0.05) is 178 Å². The lowest BCUT2D eigenvalue weighted by atomic mass is 10.0. The lowest BCUT2D eigenvalue weighted by molar-refractivity contribution is -0.150. The van der Waals surface area contributed by atoms with E-state index < -0.39 is 5.97 Å². The molecule has 0 heterocycles. The normalized spacial score (nSPS) is 12.7. The van der Waals surface area contributed by atoms with Crippen LogP contribution in [0.1, 0.15) is 226 Å². The Morgan fingerprint density at radius 3 is 1.24 bits per heavy atom. The number of hydrogen-bond donors (Lipinski definition) is 1. The van der Waals surface area contributed by atoms with Gasteiger partial charge in [0, 0.05) is 12.8 Å². The maximum Gasteiger partial charge on any atom is 0.306 e. The fourth-order valence-electron chi connectivity index (χ4n) is 6.34. The molecule has 0 aliphatic rings. The van der Waals surface area contributed by atoms with Gasteiger partial charge in [-0.3, -0.25) is 9.59 Å². The first-order valence-electron chi connectivity index (χ1n) is 21.6. The number of unbranched alkanes of at least 4 members (excludes halogenated alkanes) is 22. The lowest BCUT2D eigenvalue weighted by Crippen LogP contribution is -2.18. The molecule has 4 heteroatoms. The van der Waals surface area contributed by atoms with Crippen molar-refractivity contribution in [1.82, 2.24) is 0 Å². The monoisotopic (exact) mass is 699 g/mol. The fourth-order valence-corrected chi connectivity index (χ4v) is 6.34. The summed E-state index contributed by atoms with van der Waals surface area (Å²) in [6, 6.07) is 0. The zero-order valence-electron chi connectivity index (χ0n) is 33.2. The zero-order chi connectivity index (χ0) is 36.4. The molecule has 0 bridgehead atoms. The predicted octanol–water partition coefficient (Wildman–Crippen LogP) is 15.1. The summed E-state index contributed by atoms with van der Waals surface area (Å²) in [6.07, 6.45) is 55.6. The van der Waals surface area contributed by atoms with Gasteiger partial charge in [0.1, 0.15) is 6.10 Å². The van der Waals surface area contributed by atoms with Crippen LogP contribution in [0, 0.1) is 0 Å². The van der Waals surface area contributed by atoms with Crippen molar-refractivity contribution in [3.63, 3.8) is 0 Å². The van der Waals surface area contributed by atoms with Crippen molar-refractivity contribution in [1.29, 1.82) is 0 Å². The molecule has 0 amide bonds. The Kier molecular flexibility index (Phi) is 39.6. The highest BCUT2D eigenvalue weighted by Crippen LogP contribution is 2.19. The first-order chi connectivity index (χ1) is 24.6. The van der Waals surface area contributed by atoms with Crippen molar-refractivity contribution in [2.24, 2.45) is 0 Å². The van der Waals surface area contributed by atoms with Crippen LogP contribution in [-0.2, 0) is 14.3 Å². The van der Waals surface area contributed by atoms with Gasteiger partial charge < -0.3 is 9.84 Å². The van der Waals surface area contributed by atoms with Gasteiger partial charge in [-0.2, -0.15) is 0 Å². The van der Waals surface area contributed by atoms with E-state index in [1.165, 1.54) is 116 Å². The van der Waals surface area contributed by atoms with Crippen LogP contribution in [0.15, 0.2) is 48.6 Å². The van der Waals surface area contributed by atoms with E-state index in [4.69, 9.17) is 9.84 Å². The largest absolute Gasteiger partial charge is 0.481 e. The van der Waals surface area contributed by atoms with Crippen LogP contribution in [0.4, 0.5) is 0 Å². The molecule has 4 nitrogen and oxygen atoms in total. The predicted molar refractivity (Wildman–Crippen MR) is 218 cm³/mol. The molecule has 0 saturated carbocycles. The van der Waals surface area contributed by atoms with Crippen LogP contribution in [-0.4, -0.2) is 23.1 Å². The first kappa shape index (κ1) is 47.9. The molecule has 1 unspecified atom stereocenters. The van der Waals surface area contributed by atoms with Crippen LogP contribution in [0.5, 0.6) is 0 Å². The number of ether oxygens (including phenoxy) is 1. The molecule has 0 aliphatic heterocycles. The van der Waals surface area contributed by atoms with Crippen molar-refractivity contribution in [2.75, 3.05) is 0 Å². The second-order valence-corrected chi connectivity index (χ2v) is 14.5. The maximum atomic E-state index is 12.7. The van der Waals surface area contributed by atoms with Gasteiger partial charge in [0.25, 0.3) is 0 Å². The average molecular weight is 699 g/mol. The minimum atomic E-state index is -0.713. The third-order valence-corrected chi connectivity index (χ3v) is 9.55. The number of carboxylic acid groups (broad SMARTS) is 1. The average Bonchev–Trinajstić information content (AvgIpc) is 3.10. The van der Waals surface area contributed by atoms with Gasteiger partial charge in [0.15, 0.2) is 0 Å². The Labute approximate surface area is 311 Å². The Balaban J connectivity index is 3.99. The van der Waals surface area contributed by atoms with Crippen molar-refractivity contribution in [3.8, 4) is 0 Å². The molecule has 0 aliphatic carbocycles. The molecule has 0 fully saturated rings. The number of esters is 1. The summed E-state index contributed by atoms with van der Waals surface area (Å²) in [7, 11) is 0. The summed E-state index contributed by atoms with van der Waals surface area (Å²) in [6.45, 7) is 4.52. The van der Waals surface area contributed by atoms with E-state index in [0.29, 0.717) is 6.42 Å². The Morgan fingerprint density at radius 2 is 0.780 bits per heavy atom. The molecule has 0 aromatic heterocycles. The number of carbonyl (C=O) groups excluding carboxylic acids is 1. The van der Waals surface area contributed by atoms with Crippen LogP contribution < -0.4 is 0 Å². The maximum absolute atomic E-state index is 12.7. The molecular weight excluding hydrogens is 617 g/mol. The summed E-state index contributed by atoms with van der Waals surface area (Å²) in [4.78, 5) is 23.4. The van der Waals surface area contributed by atoms with E-state index in [2.05, 4.69) is 62.5 Å². The summed E-state index contributed by atoms with van der Waals surface area (Å²) in [5.41, 5.74) is 0. The number of rotatable bonds is 39. The van der Waals surface area contributed by atoms with Crippen molar-refractivity contribution >= 4 is 11.9 Å². The molecule has 0 spiro atoms. The van der Waals surface area contributed by atoms with E-state index >= 15 is 0 Å². The van der Waals surface area contributed by atoms with Crippen LogP contribution in [0.25, 0.3) is 0 Å². The van der Waals surface area contributed by atoms with Gasteiger partial charge in [-0.15, -0.1) is 0 Å². The lowest BCUT2D eigenvalue weighted by Gasteiger charge is -2.18. The van der Waals surface area contributed by atoms with E-state index in [1.807, 2.05) is 0 Å². The third-order valence-electron chi connectivity index (χ3n) is 9.55. The van der Waals surface area contributed by atoms with Crippen molar-refractivity contribution in [2.45, 2.75) is 232 Å². The van der Waals surface area contributed by atoms with E-state index in [-0.39, 0.29) is 18.5 Å². The highest BCUT2D eigenvalue weighted by Gasteiger charge is 2.14. The molecule has 0 radical (unpaired) electrons. The second-order valence-electron chi connectivity index (χ2n) is 14.5. The molecule has 50 heavy (non-hydrogen) atoms. The van der Waals surface area contributed by atoms with Crippen molar-refractivity contribution in [3.05, 3.63) is 48.6 Å². The van der Waals surface area contributed by atoms with Crippen LogP contribution in [0.2, 0.25) is 0 Å². The van der Waals surface area contributed by atoms with E-state index in [9.17, 15) is 9.59 Å². The summed E-state index contributed by atoms with van der Waals surface area (Å²) in [5.74, 6) is -0.740. The minimum Gasteiger partial charge on any atom is -0.481 e. The molecule has 0 rings (SSSR count). The standard InChI is InChI=1S/C46H82O4/c1-3-5-7-9-11-13-15-17-18-19-20-21-22-23-24-25-27-29-31-33-39-43-46(49)50-44(41-37-34-35-38-42-45(47)48)40-36-32-30-28-26-16-14-12-10-8-6-4-2/h11,13,17-18,20-21,23-24,44H,3-10,12,14-16,19,22,25-43H2,1-2H3,(H,47,48)/b13-11-,18-17-,21-20-,24-23-. The van der Waals surface area contributed by atoms with Crippen LogP contribution >= 0.6 is 0 Å². The molecule has 290 valence electrons. The van der Waals surface area contributed by atoms with E-state index in [1.54, 1.807) is 0 Å². The van der Waals surface area contributed by atoms with Gasteiger partial charge in [0.05, 0.1) is 0 Å². The number of hydrogen-bond acceptors (Lipinski definition) is 3. The number of carbonyl (C=O) groups is 2.